The second-order valence-electron chi connectivity index (χ2n) is 4.46. The molecule has 0 atom stereocenters. The maximum absolute atomic E-state index is 6.27. The fourth-order valence-corrected chi connectivity index (χ4v) is 2.56. The number of benzene rings is 1. The van der Waals surface area contributed by atoms with Crippen LogP contribution in [0.1, 0.15) is 18.4 Å². The molecular formula is C12H14ClNO2. The zero-order valence-corrected chi connectivity index (χ0v) is 9.72. The van der Waals surface area contributed by atoms with Gasteiger partial charge in [0.2, 0.25) is 0 Å². The first-order valence-electron chi connectivity index (χ1n) is 5.55. The van der Waals surface area contributed by atoms with E-state index in [2.05, 4.69) is 0 Å². The fraction of sp³-hybridized carbons (Fsp3) is 0.500. The Morgan fingerprint density at radius 2 is 1.81 bits per heavy atom. The molecule has 16 heavy (non-hydrogen) atoms. The van der Waals surface area contributed by atoms with E-state index >= 15 is 0 Å². The number of ether oxygens (including phenoxy) is 2. The summed E-state index contributed by atoms with van der Waals surface area (Å²) in [6.07, 6.45) is 2.23. The van der Waals surface area contributed by atoms with E-state index in [1.54, 1.807) is 0 Å². The molecule has 1 heterocycles. The third kappa shape index (κ3) is 1.46. The van der Waals surface area contributed by atoms with Crippen LogP contribution in [-0.2, 0) is 5.41 Å². The Kier molecular flexibility index (Phi) is 2.26. The van der Waals surface area contributed by atoms with Crippen molar-refractivity contribution in [3.8, 4) is 11.5 Å². The van der Waals surface area contributed by atoms with Crippen LogP contribution in [0.5, 0.6) is 11.5 Å². The van der Waals surface area contributed by atoms with Crippen LogP contribution in [0.2, 0.25) is 5.02 Å². The predicted molar refractivity (Wildman–Crippen MR) is 62.4 cm³/mol. The Balaban J connectivity index is 2.06. The van der Waals surface area contributed by atoms with E-state index in [0.717, 1.165) is 34.9 Å². The summed E-state index contributed by atoms with van der Waals surface area (Å²) < 4.78 is 11.0. The van der Waals surface area contributed by atoms with Gasteiger partial charge in [0.15, 0.2) is 11.5 Å². The van der Waals surface area contributed by atoms with Crippen LogP contribution >= 0.6 is 11.6 Å². The van der Waals surface area contributed by atoms with Crippen LogP contribution in [0.3, 0.4) is 0 Å². The molecule has 2 N–H and O–H groups in total. The lowest BCUT2D eigenvalue weighted by molar-refractivity contribution is 0.171. The Morgan fingerprint density at radius 3 is 2.38 bits per heavy atom. The Bertz CT molecular complexity index is 429. The number of hydrogen-bond donors (Lipinski definition) is 1. The summed E-state index contributed by atoms with van der Waals surface area (Å²) >= 11 is 6.27. The Morgan fingerprint density at radius 1 is 1.19 bits per heavy atom. The minimum Gasteiger partial charge on any atom is -0.486 e. The maximum atomic E-state index is 6.27. The summed E-state index contributed by atoms with van der Waals surface area (Å²) in [5.74, 6) is 1.54. The molecule has 1 aromatic rings. The van der Waals surface area contributed by atoms with Crippen LogP contribution in [-0.4, -0.2) is 19.8 Å². The molecule has 0 radical (unpaired) electrons. The van der Waals surface area contributed by atoms with Gasteiger partial charge >= 0.3 is 0 Å². The van der Waals surface area contributed by atoms with E-state index in [-0.39, 0.29) is 5.41 Å². The van der Waals surface area contributed by atoms with Gasteiger partial charge in [-0.3, -0.25) is 0 Å². The fourth-order valence-electron chi connectivity index (χ4n) is 2.20. The first-order chi connectivity index (χ1) is 7.75. The van der Waals surface area contributed by atoms with E-state index in [1.165, 1.54) is 0 Å². The summed E-state index contributed by atoms with van der Waals surface area (Å²) in [4.78, 5) is 0. The van der Waals surface area contributed by atoms with Gasteiger partial charge in [-0.1, -0.05) is 11.6 Å². The van der Waals surface area contributed by atoms with E-state index in [9.17, 15) is 0 Å². The lowest BCUT2D eigenvalue weighted by atomic mass is 9.95. The van der Waals surface area contributed by atoms with Crippen LogP contribution in [0.4, 0.5) is 0 Å². The standard InChI is InChI=1S/C12H14ClNO2/c13-9-6-11-10(15-3-4-16-11)5-8(9)12(7-14)1-2-12/h5-6H,1-4,7,14H2. The SMILES string of the molecule is NCC1(c2cc3c(cc2Cl)OCCO3)CC1. The van der Waals surface area contributed by atoms with Crippen molar-refractivity contribution >= 4 is 11.6 Å². The molecular weight excluding hydrogens is 226 g/mol. The smallest absolute Gasteiger partial charge is 0.162 e. The van der Waals surface area contributed by atoms with E-state index in [0.29, 0.717) is 19.8 Å². The normalized spacial score (nSPS) is 20.6. The minimum atomic E-state index is 0.0902. The summed E-state index contributed by atoms with van der Waals surface area (Å²) in [6, 6.07) is 3.85. The maximum Gasteiger partial charge on any atom is 0.162 e. The minimum absolute atomic E-state index is 0.0902. The van der Waals surface area contributed by atoms with Crippen molar-refractivity contribution in [1.82, 2.24) is 0 Å². The average Bonchev–Trinajstić information content (AvgIpc) is 3.09. The molecule has 1 aliphatic heterocycles. The van der Waals surface area contributed by atoms with Crippen molar-refractivity contribution in [2.75, 3.05) is 19.8 Å². The van der Waals surface area contributed by atoms with Gasteiger partial charge in [0.05, 0.1) is 0 Å². The van der Waals surface area contributed by atoms with E-state index < -0.39 is 0 Å². The lowest BCUT2D eigenvalue weighted by Gasteiger charge is -2.22. The van der Waals surface area contributed by atoms with E-state index in [4.69, 9.17) is 26.8 Å². The van der Waals surface area contributed by atoms with Gasteiger partial charge in [0.1, 0.15) is 13.2 Å². The van der Waals surface area contributed by atoms with E-state index in [1.807, 2.05) is 12.1 Å². The highest BCUT2D eigenvalue weighted by atomic mass is 35.5. The van der Waals surface area contributed by atoms with Crippen molar-refractivity contribution in [2.45, 2.75) is 18.3 Å². The molecule has 4 heteroatoms. The topological polar surface area (TPSA) is 44.5 Å². The Labute approximate surface area is 99.5 Å². The number of halogens is 1. The molecule has 86 valence electrons. The molecule has 0 saturated heterocycles. The number of nitrogens with two attached hydrogens (primary N) is 1. The molecule has 1 fully saturated rings. The number of fused-ring (bicyclic) bond motifs is 1. The number of hydrogen-bond acceptors (Lipinski definition) is 3. The third-order valence-electron chi connectivity index (χ3n) is 3.45. The first-order valence-corrected chi connectivity index (χ1v) is 5.93. The zero-order chi connectivity index (χ0) is 11.2. The molecule has 2 aliphatic rings. The van der Waals surface area contributed by atoms with Crippen molar-refractivity contribution in [1.29, 1.82) is 0 Å². The molecule has 0 amide bonds. The summed E-state index contributed by atoms with van der Waals surface area (Å²) in [5.41, 5.74) is 7.02. The van der Waals surface area contributed by atoms with Gasteiger partial charge in [-0.15, -0.1) is 0 Å². The van der Waals surface area contributed by atoms with Gasteiger partial charge in [0, 0.05) is 23.0 Å². The van der Waals surface area contributed by atoms with Crippen molar-refractivity contribution < 1.29 is 9.47 Å². The van der Waals surface area contributed by atoms with Crippen LogP contribution < -0.4 is 15.2 Å². The van der Waals surface area contributed by atoms with Crippen molar-refractivity contribution in [3.05, 3.63) is 22.7 Å². The van der Waals surface area contributed by atoms with Gasteiger partial charge in [0.25, 0.3) is 0 Å². The number of rotatable bonds is 2. The van der Waals surface area contributed by atoms with Gasteiger partial charge < -0.3 is 15.2 Å². The lowest BCUT2D eigenvalue weighted by Crippen LogP contribution is -2.21. The largest absolute Gasteiger partial charge is 0.486 e. The highest BCUT2D eigenvalue weighted by Gasteiger charge is 2.44. The summed E-state index contributed by atoms with van der Waals surface area (Å²) in [6.45, 7) is 1.83. The second kappa shape index (κ2) is 3.54. The molecule has 0 bridgehead atoms. The average molecular weight is 240 g/mol. The zero-order valence-electron chi connectivity index (χ0n) is 8.96. The van der Waals surface area contributed by atoms with Gasteiger partial charge in [-0.2, -0.15) is 0 Å². The van der Waals surface area contributed by atoms with Crippen molar-refractivity contribution in [3.63, 3.8) is 0 Å². The van der Waals surface area contributed by atoms with Crippen molar-refractivity contribution in [2.24, 2.45) is 5.73 Å². The molecule has 1 aromatic carbocycles. The molecule has 3 nitrogen and oxygen atoms in total. The molecule has 1 aliphatic carbocycles. The highest BCUT2D eigenvalue weighted by molar-refractivity contribution is 6.31. The molecule has 0 unspecified atom stereocenters. The van der Waals surface area contributed by atoms with Crippen LogP contribution in [0, 0.1) is 0 Å². The third-order valence-corrected chi connectivity index (χ3v) is 3.76. The summed E-state index contributed by atoms with van der Waals surface area (Å²) in [5, 5.41) is 0.743. The molecule has 0 spiro atoms. The quantitative estimate of drug-likeness (QED) is 0.860. The van der Waals surface area contributed by atoms with Crippen LogP contribution in [0.15, 0.2) is 12.1 Å². The molecule has 3 rings (SSSR count). The molecule has 0 aromatic heterocycles. The Hall–Kier alpha value is -0.930. The summed E-state index contributed by atoms with van der Waals surface area (Å²) in [7, 11) is 0. The monoisotopic (exact) mass is 239 g/mol. The highest BCUT2D eigenvalue weighted by Crippen LogP contribution is 2.52. The van der Waals surface area contributed by atoms with Gasteiger partial charge in [-0.05, 0) is 24.5 Å². The predicted octanol–water partition coefficient (Wildman–Crippen LogP) is 2.10. The second-order valence-corrected chi connectivity index (χ2v) is 4.87. The first kappa shape index (κ1) is 10.2. The molecule has 1 saturated carbocycles. The van der Waals surface area contributed by atoms with Crippen LogP contribution in [0.25, 0.3) is 0 Å². The van der Waals surface area contributed by atoms with Gasteiger partial charge in [-0.25, -0.2) is 0 Å².